The second-order valence-electron chi connectivity index (χ2n) is 5.36. The minimum Gasteiger partial charge on any atom is -0.497 e. The molecular formula is C15H20BrClO. The summed E-state index contributed by atoms with van der Waals surface area (Å²) in [7, 11) is 1.71. The second-order valence-corrected chi connectivity index (χ2v) is 6.77. The van der Waals surface area contributed by atoms with Crippen LogP contribution < -0.4 is 4.74 Å². The summed E-state index contributed by atoms with van der Waals surface area (Å²) >= 11 is 10.1. The number of rotatable bonds is 3. The lowest BCUT2D eigenvalue weighted by atomic mass is 9.79. The van der Waals surface area contributed by atoms with E-state index in [4.69, 9.17) is 16.3 Å². The first-order valence-electron chi connectivity index (χ1n) is 6.56. The van der Waals surface area contributed by atoms with Crippen LogP contribution in [0.15, 0.2) is 22.7 Å². The van der Waals surface area contributed by atoms with E-state index in [0.29, 0.717) is 11.3 Å². The summed E-state index contributed by atoms with van der Waals surface area (Å²) < 4.78 is 6.45. The van der Waals surface area contributed by atoms with Crippen LogP contribution in [0.25, 0.3) is 0 Å². The lowest BCUT2D eigenvalue weighted by Gasteiger charge is -2.31. The first-order chi connectivity index (χ1) is 8.60. The molecule has 0 radical (unpaired) electrons. The smallest absolute Gasteiger partial charge is 0.119 e. The van der Waals surface area contributed by atoms with Gasteiger partial charge in [0, 0.05) is 9.85 Å². The maximum absolute atomic E-state index is 6.48. The van der Waals surface area contributed by atoms with E-state index in [2.05, 4.69) is 35.0 Å². The van der Waals surface area contributed by atoms with E-state index < -0.39 is 0 Å². The molecule has 1 saturated carbocycles. The molecule has 0 spiro atoms. The number of alkyl halides is 1. The highest BCUT2D eigenvalue weighted by Gasteiger charge is 2.27. The third-order valence-corrected chi connectivity index (χ3v) is 5.24. The highest BCUT2D eigenvalue weighted by molar-refractivity contribution is 9.10. The van der Waals surface area contributed by atoms with Crippen LogP contribution in [-0.4, -0.2) is 12.5 Å². The average molecular weight is 332 g/mol. The Hall–Kier alpha value is -0.210. The summed E-state index contributed by atoms with van der Waals surface area (Å²) in [6.45, 7) is 2.33. The lowest BCUT2D eigenvalue weighted by molar-refractivity contribution is 0.286. The molecule has 18 heavy (non-hydrogen) atoms. The standard InChI is InChI=1S/C15H20BrClO/c1-10-3-6-15(17)12(7-10)8-11-9-13(18-2)4-5-14(11)16/h4-5,9-10,12,15H,3,6-8H2,1-2H3. The Morgan fingerprint density at radius 3 is 2.89 bits per heavy atom. The molecule has 3 heteroatoms. The summed E-state index contributed by atoms with van der Waals surface area (Å²) in [4.78, 5) is 0. The van der Waals surface area contributed by atoms with Gasteiger partial charge in [0.25, 0.3) is 0 Å². The quantitative estimate of drug-likeness (QED) is 0.705. The van der Waals surface area contributed by atoms with Crippen molar-refractivity contribution in [3.05, 3.63) is 28.2 Å². The molecule has 100 valence electrons. The van der Waals surface area contributed by atoms with Gasteiger partial charge in [-0.25, -0.2) is 0 Å². The first kappa shape index (κ1) is 14.2. The zero-order valence-corrected chi connectivity index (χ0v) is 13.3. The summed E-state index contributed by atoms with van der Waals surface area (Å²) in [5.74, 6) is 2.30. The van der Waals surface area contributed by atoms with Crippen LogP contribution in [0.5, 0.6) is 5.75 Å². The van der Waals surface area contributed by atoms with E-state index in [1.165, 1.54) is 18.4 Å². The van der Waals surface area contributed by atoms with Gasteiger partial charge in [-0.1, -0.05) is 22.9 Å². The van der Waals surface area contributed by atoms with Crippen LogP contribution in [0.3, 0.4) is 0 Å². The number of methoxy groups -OCH3 is 1. The fourth-order valence-electron chi connectivity index (χ4n) is 2.79. The zero-order valence-electron chi connectivity index (χ0n) is 11.0. The minimum absolute atomic E-state index is 0.319. The molecule has 1 nitrogen and oxygen atoms in total. The van der Waals surface area contributed by atoms with Crippen molar-refractivity contribution in [2.45, 2.75) is 38.0 Å². The van der Waals surface area contributed by atoms with Gasteiger partial charge in [-0.05, 0) is 61.3 Å². The molecule has 1 aliphatic carbocycles. The monoisotopic (exact) mass is 330 g/mol. The Labute approximate surface area is 123 Å². The Bertz CT molecular complexity index is 407. The van der Waals surface area contributed by atoms with Crippen LogP contribution in [-0.2, 0) is 6.42 Å². The lowest BCUT2D eigenvalue weighted by Crippen LogP contribution is -2.26. The normalized spacial score (nSPS) is 28.1. The highest BCUT2D eigenvalue weighted by Crippen LogP contribution is 2.36. The van der Waals surface area contributed by atoms with Crippen LogP contribution in [0, 0.1) is 11.8 Å². The molecule has 0 bridgehead atoms. The van der Waals surface area contributed by atoms with Gasteiger partial charge >= 0.3 is 0 Å². The van der Waals surface area contributed by atoms with Crippen molar-refractivity contribution < 1.29 is 4.74 Å². The molecule has 1 aromatic carbocycles. The molecule has 1 aromatic rings. The number of halogens is 2. The molecule has 0 N–H and O–H groups in total. The molecule has 3 atom stereocenters. The van der Waals surface area contributed by atoms with Crippen molar-refractivity contribution in [3.63, 3.8) is 0 Å². The van der Waals surface area contributed by atoms with Crippen LogP contribution >= 0.6 is 27.5 Å². The molecule has 0 amide bonds. The van der Waals surface area contributed by atoms with Gasteiger partial charge in [-0.15, -0.1) is 11.6 Å². The minimum atomic E-state index is 0.319. The maximum atomic E-state index is 6.48. The molecule has 0 heterocycles. The topological polar surface area (TPSA) is 9.23 Å². The fourth-order valence-corrected chi connectivity index (χ4v) is 3.52. The molecule has 0 aromatic heterocycles. The van der Waals surface area contributed by atoms with Crippen molar-refractivity contribution in [2.75, 3.05) is 7.11 Å². The maximum Gasteiger partial charge on any atom is 0.119 e. The average Bonchev–Trinajstić information content (AvgIpc) is 2.36. The SMILES string of the molecule is COc1ccc(Br)c(CC2CC(C)CCC2Cl)c1. The van der Waals surface area contributed by atoms with Gasteiger partial charge in [-0.3, -0.25) is 0 Å². The third kappa shape index (κ3) is 3.42. The number of hydrogen-bond donors (Lipinski definition) is 0. The van der Waals surface area contributed by atoms with Crippen molar-refractivity contribution in [2.24, 2.45) is 11.8 Å². The van der Waals surface area contributed by atoms with Gasteiger partial charge in [0.2, 0.25) is 0 Å². The highest BCUT2D eigenvalue weighted by atomic mass is 79.9. The van der Waals surface area contributed by atoms with E-state index in [1.807, 2.05) is 6.07 Å². The third-order valence-electron chi connectivity index (χ3n) is 3.89. The largest absolute Gasteiger partial charge is 0.497 e. The number of ether oxygens (including phenoxy) is 1. The van der Waals surface area contributed by atoms with E-state index in [1.54, 1.807) is 7.11 Å². The Kier molecular flexibility index (Phi) is 4.97. The van der Waals surface area contributed by atoms with Gasteiger partial charge in [0.15, 0.2) is 0 Å². The Balaban J connectivity index is 2.12. The summed E-state index contributed by atoms with van der Waals surface area (Å²) in [6, 6.07) is 6.16. The fraction of sp³-hybridized carbons (Fsp3) is 0.600. The van der Waals surface area contributed by atoms with Gasteiger partial charge in [0.1, 0.15) is 5.75 Å². The zero-order chi connectivity index (χ0) is 13.1. The molecule has 1 fully saturated rings. The second kappa shape index (κ2) is 6.29. The number of benzene rings is 1. The van der Waals surface area contributed by atoms with E-state index in [-0.39, 0.29) is 0 Å². The predicted molar refractivity (Wildman–Crippen MR) is 80.5 cm³/mol. The Morgan fingerprint density at radius 2 is 2.17 bits per heavy atom. The van der Waals surface area contributed by atoms with Crippen molar-refractivity contribution in [1.82, 2.24) is 0 Å². The molecular weight excluding hydrogens is 312 g/mol. The summed E-state index contributed by atoms with van der Waals surface area (Å²) in [5, 5.41) is 0.319. The molecule has 0 saturated heterocycles. The first-order valence-corrected chi connectivity index (χ1v) is 7.79. The van der Waals surface area contributed by atoms with E-state index in [9.17, 15) is 0 Å². The van der Waals surface area contributed by atoms with Crippen molar-refractivity contribution >= 4 is 27.5 Å². The van der Waals surface area contributed by atoms with Gasteiger partial charge in [0.05, 0.1) is 7.11 Å². The Morgan fingerprint density at radius 1 is 1.39 bits per heavy atom. The van der Waals surface area contributed by atoms with Crippen LogP contribution in [0.1, 0.15) is 31.7 Å². The van der Waals surface area contributed by atoms with Crippen LogP contribution in [0.2, 0.25) is 0 Å². The summed E-state index contributed by atoms with van der Waals surface area (Å²) in [6.07, 6.45) is 4.69. The van der Waals surface area contributed by atoms with Gasteiger partial charge in [-0.2, -0.15) is 0 Å². The van der Waals surface area contributed by atoms with Crippen molar-refractivity contribution in [3.8, 4) is 5.75 Å². The van der Waals surface area contributed by atoms with E-state index in [0.717, 1.165) is 29.0 Å². The number of hydrogen-bond acceptors (Lipinski definition) is 1. The molecule has 3 unspecified atom stereocenters. The molecule has 2 rings (SSSR count). The van der Waals surface area contributed by atoms with Crippen molar-refractivity contribution in [1.29, 1.82) is 0 Å². The predicted octanol–water partition coefficient (Wildman–Crippen LogP) is 5.04. The molecule has 1 aliphatic rings. The molecule has 0 aliphatic heterocycles. The van der Waals surface area contributed by atoms with E-state index >= 15 is 0 Å². The summed E-state index contributed by atoms with van der Waals surface area (Å²) in [5.41, 5.74) is 1.30. The van der Waals surface area contributed by atoms with Crippen LogP contribution in [0.4, 0.5) is 0 Å². The van der Waals surface area contributed by atoms with Gasteiger partial charge < -0.3 is 4.74 Å².